The van der Waals surface area contributed by atoms with Crippen molar-refractivity contribution >= 4 is 40.6 Å². The predicted molar refractivity (Wildman–Crippen MR) is 159 cm³/mol. The standard InChI is InChI=1S/C29H37N7O5/c1-19(35-39-6)21-18-30-27(32-23-12-11-20(17-25(23)38-5)36-13-15-40-16-14-36)33-26(21)31-22-9-7-8-10-24(22)41-28(37)34-29(2,3)4/h7-12,17-18H,13-16H2,1-6H3,(H,34,37)(H2,30,31,32,33). The van der Waals surface area contributed by atoms with E-state index in [0.717, 1.165) is 18.8 Å². The largest absolute Gasteiger partial charge is 0.494 e. The third-order valence-corrected chi connectivity index (χ3v) is 6.03. The summed E-state index contributed by atoms with van der Waals surface area (Å²) >= 11 is 0. The maximum Gasteiger partial charge on any atom is 0.413 e. The molecule has 4 rings (SSSR count). The third-order valence-electron chi connectivity index (χ3n) is 6.03. The number of nitrogens with zero attached hydrogens (tertiary/aromatic N) is 4. The number of amides is 1. The van der Waals surface area contributed by atoms with Crippen LogP contribution in [0.15, 0.2) is 53.8 Å². The summed E-state index contributed by atoms with van der Waals surface area (Å²) in [5, 5.41) is 13.4. The summed E-state index contributed by atoms with van der Waals surface area (Å²) in [5.41, 5.74) is 2.98. The van der Waals surface area contributed by atoms with Crippen molar-refractivity contribution in [1.82, 2.24) is 15.3 Å². The molecule has 2 heterocycles. The first kappa shape index (κ1) is 29.4. The number of hydrogen-bond donors (Lipinski definition) is 3. The molecule has 3 aromatic rings. The summed E-state index contributed by atoms with van der Waals surface area (Å²) in [5.74, 6) is 1.73. The van der Waals surface area contributed by atoms with E-state index < -0.39 is 11.6 Å². The molecule has 12 heteroatoms. The Kier molecular flexibility index (Phi) is 9.45. The second-order valence-corrected chi connectivity index (χ2v) is 10.3. The first-order valence-corrected chi connectivity index (χ1v) is 13.3. The van der Waals surface area contributed by atoms with Crippen LogP contribution >= 0.6 is 0 Å². The number of para-hydroxylation sites is 2. The molecular weight excluding hydrogens is 526 g/mol. The normalized spacial score (nSPS) is 13.8. The van der Waals surface area contributed by atoms with Crippen molar-refractivity contribution in [3.05, 3.63) is 54.2 Å². The highest BCUT2D eigenvalue weighted by Gasteiger charge is 2.19. The van der Waals surface area contributed by atoms with Crippen LogP contribution < -0.4 is 30.3 Å². The first-order chi connectivity index (χ1) is 19.7. The van der Waals surface area contributed by atoms with E-state index in [2.05, 4.69) is 31.0 Å². The molecule has 1 aromatic heterocycles. The number of morpholine rings is 1. The fourth-order valence-corrected chi connectivity index (χ4v) is 4.13. The zero-order valence-corrected chi connectivity index (χ0v) is 24.3. The number of benzene rings is 2. The molecule has 0 spiro atoms. The van der Waals surface area contributed by atoms with E-state index >= 15 is 0 Å². The van der Waals surface area contributed by atoms with Crippen LogP contribution in [0.2, 0.25) is 0 Å². The summed E-state index contributed by atoms with van der Waals surface area (Å²) in [6.45, 7) is 10.4. The van der Waals surface area contributed by atoms with Gasteiger partial charge in [0.2, 0.25) is 5.95 Å². The lowest BCUT2D eigenvalue weighted by molar-refractivity contribution is 0.122. The van der Waals surface area contributed by atoms with Crippen LogP contribution in [0.1, 0.15) is 33.3 Å². The molecule has 12 nitrogen and oxygen atoms in total. The van der Waals surface area contributed by atoms with Crippen LogP contribution in [0.3, 0.4) is 0 Å². The summed E-state index contributed by atoms with van der Waals surface area (Å²) in [6, 6.07) is 13.0. The Labute approximate surface area is 240 Å². The fraction of sp³-hybridized carbons (Fsp3) is 0.379. The molecule has 1 saturated heterocycles. The molecule has 0 saturated carbocycles. The Bertz CT molecular complexity index is 1380. The quantitative estimate of drug-likeness (QED) is 0.240. The number of rotatable bonds is 9. The Morgan fingerprint density at radius 3 is 2.46 bits per heavy atom. The number of methoxy groups -OCH3 is 1. The SMILES string of the molecule is CON=C(C)c1cnc(Nc2ccc(N3CCOCC3)cc2OC)nc1Nc1ccccc1OC(=O)NC(C)(C)C. The minimum absolute atomic E-state index is 0.322. The Balaban J connectivity index is 1.63. The fourth-order valence-electron chi connectivity index (χ4n) is 4.13. The van der Waals surface area contributed by atoms with Crippen LogP contribution in [0.25, 0.3) is 0 Å². The van der Waals surface area contributed by atoms with E-state index in [1.807, 2.05) is 45.0 Å². The van der Waals surface area contributed by atoms with Crippen molar-refractivity contribution in [3.8, 4) is 11.5 Å². The molecule has 0 bridgehead atoms. The van der Waals surface area contributed by atoms with E-state index in [4.69, 9.17) is 24.0 Å². The highest BCUT2D eigenvalue weighted by molar-refractivity contribution is 6.03. The molecule has 2 aromatic carbocycles. The number of nitrogens with one attached hydrogen (secondary N) is 3. The highest BCUT2D eigenvalue weighted by atomic mass is 16.6. The van der Waals surface area contributed by atoms with Gasteiger partial charge in [0.25, 0.3) is 0 Å². The second kappa shape index (κ2) is 13.2. The van der Waals surface area contributed by atoms with Gasteiger partial charge in [-0.1, -0.05) is 17.3 Å². The van der Waals surface area contributed by atoms with E-state index in [0.29, 0.717) is 59.1 Å². The third kappa shape index (κ3) is 7.98. The van der Waals surface area contributed by atoms with Gasteiger partial charge in [-0.2, -0.15) is 4.98 Å². The zero-order chi connectivity index (χ0) is 29.4. The summed E-state index contributed by atoms with van der Waals surface area (Å²) < 4.78 is 16.7. The maximum atomic E-state index is 12.5. The molecule has 1 aliphatic heterocycles. The Morgan fingerprint density at radius 1 is 1.02 bits per heavy atom. The first-order valence-electron chi connectivity index (χ1n) is 13.3. The predicted octanol–water partition coefficient (Wildman–Crippen LogP) is 5.07. The van der Waals surface area contributed by atoms with Crippen molar-refractivity contribution in [2.75, 3.05) is 56.1 Å². The smallest absolute Gasteiger partial charge is 0.413 e. The minimum atomic E-state index is -0.568. The minimum Gasteiger partial charge on any atom is -0.494 e. The van der Waals surface area contributed by atoms with Crippen LogP contribution in [0.4, 0.5) is 33.6 Å². The van der Waals surface area contributed by atoms with E-state index in [-0.39, 0.29) is 0 Å². The Morgan fingerprint density at radius 2 is 1.76 bits per heavy atom. The monoisotopic (exact) mass is 563 g/mol. The van der Waals surface area contributed by atoms with Crippen LogP contribution in [-0.2, 0) is 9.57 Å². The van der Waals surface area contributed by atoms with Gasteiger partial charge in [0.1, 0.15) is 18.7 Å². The maximum absolute atomic E-state index is 12.5. The van der Waals surface area contributed by atoms with Crippen molar-refractivity contribution in [1.29, 1.82) is 0 Å². The Hall–Kier alpha value is -4.58. The number of ether oxygens (including phenoxy) is 3. The molecule has 0 unspecified atom stereocenters. The lowest BCUT2D eigenvalue weighted by Crippen LogP contribution is -2.42. The number of oxime groups is 1. The number of anilines is 5. The molecular formula is C29H37N7O5. The van der Waals surface area contributed by atoms with E-state index in [1.54, 1.807) is 38.4 Å². The van der Waals surface area contributed by atoms with Gasteiger partial charge in [-0.3, -0.25) is 0 Å². The number of aromatic nitrogens is 2. The van der Waals surface area contributed by atoms with Crippen LogP contribution in [-0.4, -0.2) is 67.8 Å². The van der Waals surface area contributed by atoms with Crippen molar-refractivity contribution in [2.45, 2.75) is 33.2 Å². The lowest BCUT2D eigenvalue weighted by atomic mass is 10.1. The van der Waals surface area contributed by atoms with Crippen molar-refractivity contribution < 1.29 is 23.8 Å². The summed E-state index contributed by atoms with van der Waals surface area (Å²) in [4.78, 5) is 28.9. The van der Waals surface area contributed by atoms with Crippen molar-refractivity contribution in [2.24, 2.45) is 5.16 Å². The molecule has 1 amide bonds. The van der Waals surface area contributed by atoms with Gasteiger partial charge in [0.05, 0.1) is 43.0 Å². The highest BCUT2D eigenvalue weighted by Crippen LogP contribution is 2.33. The molecule has 218 valence electrons. The van der Waals surface area contributed by atoms with Gasteiger partial charge in [-0.25, -0.2) is 9.78 Å². The molecule has 0 atom stereocenters. The van der Waals surface area contributed by atoms with Gasteiger partial charge in [-0.15, -0.1) is 0 Å². The molecule has 41 heavy (non-hydrogen) atoms. The van der Waals surface area contributed by atoms with Crippen LogP contribution in [0, 0.1) is 0 Å². The molecule has 3 N–H and O–H groups in total. The average molecular weight is 564 g/mol. The second-order valence-electron chi connectivity index (χ2n) is 10.3. The van der Waals surface area contributed by atoms with Gasteiger partial charge in [0, 0.05) is 36.6 Å². The number of carbonyl (C=O) groups excluding carboxylic acids is 1. The number of hydrogen-bond acceptors (Lipinski definition) is 11. The van der Waals surface area contributed by atoms with Gasteiger partial charge < -0.3 is 39.9 Å². The topological polar surface area (TPSA) is 131 Å². The van der Waals surface area contributed by atoms with Gasteiger partial charge in [0.15, 0.2) is 5.75 Å². The summed E-state index contributed by atoms with van der Waals surface area (Å²) in [7, 11) is 3.09. The van der Waals surface area contributed by atoms with Gasteiger partial charge >= 0.3 is 6.09 Å². The van der Waals surface area contributed by atoms with Crippen LogP contribution in [0.5, 0.6) is 11.5 Å². The van der Waals surface area contributed by atoms with Gasteiger partial charge in [-0.05, 0) is 52.0 Å². The van der Waals surface area contributed by atoms with E-state index in [9.17, 15) is 4.79 Å². The average Bonchev–Trinajstić information content (AvgIpc) is 2.94. The lowest BCUT2D eigenvalue weighted by Gasteiger charge is -2.29. The zero-order valence-electron chi connectivity index (χ0n) is 24.3. The molecule has 0 radical (unpaired) electrons. The molecule has 1 fully saturated rings. The molecule has 0 aliphatic carbocycles. The summed E-state index contributed by atoms with van der Waals surface area (Å²) in [6.07, 6.45) is 1.07. The van der Waals surface area contributed by atoms with E-state index in [1.165, 1.54) is 7.11 Å². The number of carbonyl (C=O) groups is 1. The van der Waals surface area contributed by atoms with Crippen molar-refractivity contribution in [3.63, 3.8) is 0 Å². The molecule has 1 aliphatic rings.